The van der Waals surface area contributed by atoms with E-state index >= 15 is 0 Å². The van der Waals surface area contributed by atoms with Crippen molar-refractivity contribution in [3.63, 3.8) is 0 Å². The van der Waals surface area contributed by atoms with Crippen LogP contribution in [0.25, 0.3) is 17.0 Å². The molecule has 9 heteroatoms. The predicted molar refractivity (Wildman–Crippen MR) is 98.9 cm³/mol. The molecule has 0 atom stereocenters. The van der Waals surface area contributed by atoms with E-state index in [4.69, 9.17) is 0 Å². The Bertz CT molecular complexity index is 1010. The maximum absolute atomic E-state index is 4.57. The molecule has 0 bridgehead atoms. The highest BCUT2D eigenvalue weighted by Crippen LogP contribution is 2.33. The summed E-state index contributed by atoms with van der Waals surface area (Å²) in [7, 11) is 0. The van der Waals surface area contributed by atoms with E-state index in [2.05, 4.69) is 37.2 Å². The van der Waals surface area contributed by atoms with Crippen LogP contribution >= 0.6 is 23.1 Å². The summed E-state index contributed by atoms with van der Waals surface area (Å²) in [6.45, 7) is 4.33. The maximum Gasteiger partial charge on any atom is 0.253 e. The SMILES string of the molecule is C=CCNc1nnc(Sc2cc(-c3ccccc3)nc3ncnn23)s1. The number of nitrogens with zero attached hydrogens (tertiary/aromatic N) is 6. The number of fused-ring (bicyclic) bond motifs is 1. The summed E-state index contributed by atoms with van der Waals surface area (Å²) >= 11 is 2.96. The molecule has 0 unspecified atom stereocenters. The number of hydrogen-bond donors (Lipinski definition) is 1. The van der Waals surface area contributed by atoms with Gasteiger partial charge < -0.3 is 5.32 Å². The molecule has 0 spiro atoms. The van der Waals surface area contributed by atoms with E-state index in [0.717, 1.165) is 25.8 Å². The van der Waals surface area contributed by atoms with E-state index < -0.39 is 0 Å². The zero-order valence-corrected chi connectivity index (χ0v) is 14.7. The Morgan fingerprint density at radius 1 is 1.24 bits per heavy atom. The van der Waals surface area contributed by atoms with Crippen molar-refractivity contribution >= 4 is 34.0 Å². The Labute approximate surface area is 151 Å². The number of nitrogens with one attached hydrogen (secondary N) is 1. The summed E-state index contributed by atoms with van der Waals surface area (Å²) < 4.78 is 2.52. The minimum absolute atomic E-state index is 0.554. The van der Waals surface area contributed by atoms with Crippen LogP contribution in [0, 0.1) is 0 Å². The first-order chi connectivity index (χ1) is 12.3. The molecule has 1 aromatic carbocycles. The Balaban J connectivity index is 1.69. The third-order valence-corrected chi connectivity index (χ3v) is 5.22. The van der Waals surface area contributed by atoms with Gasteiger partial charge in [0.05, 0.1) is 5.69 Å². The van der Waals surface area contributed by atoms with Gasteiger partial charge in [0.25, 0.3) is 5.78 Å². The molecule has 4 aromatic rings. The second-order valence-electron chi connectivity index (χ2n) is 4.96. The van der Waals surface area contributed by atoms with Crippen LogP contribution < -0.4 is 5.32 Å². The molecule has 7 nitrogen and oxygen atoms in total. The standard InChI is InChI=1S/C16H13N7S2/c1-2-8-17-15-21-22-16(25-15)24-13-9-12(11-6-4-3-5-7-11)20-14-18-10-19-23(13)14/h2-7,9-10H,1,8H2,(H,17,21). The van der Waals surface area contributed by atoms with Crippen molar-refractivity contribution in [2.24, 2.45) is 0 Å². The summed E-state index contributed by atoms with van der Waals surface area (Å²) in [6.07, 6.45) is 3.28. The average Bonchev–Trinajstić information content (AvgIpc) is 3.30. The summed E-state index contributed by atoms with van der Waals surface area (Å²) in [6, 6.07) is 12.0. The molecule has 0 radical (unpaired) electrons. The predicted octanol–water partition coefficient (Wildman–Crippen LogP) is 3.39. The zero-order chi connectivity index (χ0) is 17.1. The lowest BCUT2D eigenvalue weighted by molar-refractivity contribution is 0.843. The number of anilines is 1. The van der Waals surface area contributed by atoms with Crippen LogP contribution in [0.3, 0.4) is 0 Å². The van der Waals surface area contributed by atoms with E-state index in [1.807, 2.05) is 36.4 Å². The van der Waals surface area contributed by atoms with E-state index in [9.17, 15) is 0 Å². The molecular formula is C16H13N7S2. The number of benzene rings is 1. The normalized spacial score (nSPS) is 10.9. The Kier molecular flexibility index (Phi) is 4.40. The third-order valence-electron chi connectivity index (χ3n) is 3.28. The van der Waals surface area contributed by atoms with Crippen molar-refractivity contribution in [1.29, 1.82) is 0 Å². The summed E-state index contributed by atoms with van der Waals surface area (Å²) in [5.41, 5.74) is 1.87. The first-order valence-corrected chi connectivity index (χ1v) is 9.09. The highest BCUT2D eigenvalue weighted by molar-refractivity contribution is 8.01. The maximum atomic E-state index is 4.57. The monoisotopic (exact) mass is 367 g/mol. The van der Waals surface area contributed by atoms with Crippen molar-refractivity contribution in [3.8, 4) is 11.3 Å². The van der Waals surface area contributed by atoms with Crippen LogP contribution in [-0.4, -0.2) is 36.3 Å². The fourth-order valence-electron chi connectivity index (χ4n) is 2.19. The van der Waals surface area contributed by atoms with E-state index in [-0.39, 0.29) is 0 Å². The van der Waals surface area contributed by atoms with Crippen LogP contribution in [0.15, 0.2) is 64.7 Å². The molecule has 0 amide bonds. The van der Waals surface area contributed by atoms with Gasteiger partial charge in [0.2, 0.25) is 5.13 Å². The third kappa shape index (κ3) is 3.37. The topological polar surface area (TPSA) is 80.9 Å². The smallest absolute Gasteiger partial charge is 0.253 e. The van der Waals surface area contributed by atoms with Gasteiger partial charge in [0, 0.05) is 12.1 Å². The van der Waals surface area contributed by atoms with Crippen molar-refractivity contribution in [1.82, 2.24) is 29.8 Å². The highest BCUT2D eigenvalue weighted by Gasteiger charge is 2.13. The lowest BCUT2D eigenvalue weighted by atomic mass is 10.1. The van der Waals surface area contributed by atoms with Crippen LogP contribution in [0.1, 0.15) is 0 Å². The number of aromatic nitrogens is 6. The summed E-state index contributed by atoms with van der Waals surface area (Å²) in [5, 5.41) is 17.4. The number of hydrogen-bond acceptors (Lipinski definition) is 8. The second kappa shape index (κ2) is 6.99. The number of rotatable bonds is 6. The Morgan fingerprint density at radius 2 is 2.12 bits per heavy atom. The van der Waals surface area contributed by atoms with E-state index in [1.165, 1.54) is 29.4 Å². The van der Waals surface area contributed by atoms with E-state index in [0.29, 0.717) is 12.3 Å². The van der Waals surface area contributed by atoms with Gasteiger partial charge in [-0.05, 0) is 17.8 Å². The molecule has 4 rings (SSSR count). The lowest BCUT2D eigenvalue weighted by Crippen LogP contribution is -1.97. The molecule has 3 aromatic heterocycles. The van der Waals surface area contributed by atoms with Crippen molar-refractivity contribution < 1.29 is 0 Å². The van der Waals surface area contributed by atoms with Crippen molar-refractivity contribution in [2.45, 2.75) is 9.37 Å². The van der Waals surface area contributed by atoms with Gasteiger partial charge in [-0.15, -0.1) is 16.8 Å². The van der Waals surface area contributed by atoms with Gasteiger partial charge >= 0.3 is 0 Å². The lowest BCUT2D eigenvalue weighted by Gasteiger charge is -2.05. The van der Waals surface area contributed by atoms with Gasteiger partial charge in [-0.25, -0.2) is 4.98 Å². The largest absolute Gasteiger partial charge is 0.357 e. The minimum Gasteiger partial charge on any atom is -0.357 e. The fourth-order valence-corrected chi connectivity index (χ4v) is 3.98. The quantitative estimate of drug-likeness (QED) is 0.413. The zero-order valence-electron chi connectivity index (χ0n) is 13.0. The van der Waals surface area contributed by atoms with Crippen LogP contribution in [0.2, 0.25) is 0 Å². The molecule has 1 N–H and O–H groups in total. The molecule has 25 heavy (non-hydrogen) atoms. The minimum atomic E-state index is 0.554. The molecule has 0 saturated carbocycles. The first-order valence-electron chi connectivity index (χ1n) is 7.46. The van der Waals surface area contributed by atoms with Crippen LogP contribution in [-0.2, 0) is 0 Å². The molecule has 0 fully saturated rings. The molecule has 0 aliphatic heterocycles. The van der Waals surface area contributed by atoms with E-state index in [1.54, 1.807) is 10.6 Å². The average molecular weight is 367 g/mol. The van der Waals surface area contributed by atoms with Gasteiger partial charge in [0.1, 0.15) is 11.4 Å². The molecular weight excluding hydrogens is 354 g/mol. The summed E-state index contributed by atoms with van der Waals surface area (Å²) in [5.74, 6) is 0.554. The molecule has 0 aliphatic rings. The second-order valence-corrected chi connectivity index (χ2v) is 7.21. The van der Waals surface area contributed by atoms with Crippen LogP contribution in [0.4, 0.5) is 5.13 Å². The molecule has 0 saturated heterocycles. The van der Waals surface area contributed by atoms with Crippen molar-refractivity contribution in [3.05, 3.63) is 55.4 Å². The van der Waals surface area contributed by atoms with Gasteiger partial charge in [-0.2, -0.15) is 14.6 Å². The van der Waals surface area contributed by atoms with Gasteiger partial charge in [-0.3, -0.25) is 0 Å². The Morgan fingerprint density at radius 3 is 2.96 bits per heavy atom. The molecule has 3 heterocycles. The molecule has 124 valence electrons. The fraction of sp³-hybridized carbons (Fsp3) is 0.0625. The Hall–Kier alpha value is -2.78. The summed E-state index contributed by atoms with van der Waals surface area (Å²) in [4.78, 5) is 8.80. The first kappa shape index (κ1) is 15.7. The van der Waals surface area contributed by atoms with Crippen LogP contribution in [0.5, 0.6) is 0 Å². The molecule has 0 aliphatic carbocycles. The van der Waals surface area contributed by atoms with Gasteiger partial charge in [0.15, 0.2) is 4.34 Å². The van der Waals surface area contributed by atoms with Crippen molar-refractivity contribution in [2.75, 3.05) is 11.9 Å². The highest BCUT2D eigenvalue weighted by atomic mass is 32.2. The van der Waals surface area contributed by atoms with Gasteiger partial charge in [-0.1, -0.05) is 47.7 Å².